The summed E-state index contributed by atoms with van der Waals surface area (Å²) in [6.45, 7) is 5.68. The second-order valence-electron chi connectivity index (χ2n) is 8.23. The number of carbonyl (C=O) groups is 2. The van der Waals surface area contributed by atoms with Crippen molar-refractivity contribution in [3.63, 3.8) is 0 Å². The van der Waals surface area contributed by atoms with E-state index in [-0.39, 0.29) is 12.5 Å². The molecule has 2 amide bonds. The summed E-state index contributed by atoms with van der Waals surface area (Å²) >= 11 is 12.7. The van der Waals surface area contributed by atoms with Gasteiger partial charge in [0.05, 0.1) is 11.9 Å². The highest BCUT2D eigenvalue weighted by Crippen LogP contribution is 2.27. The van der Waals surface area contributed by atoms with Crippen molar-refractivity contribution in [1.82, 2.24) is 10.2 Å². The van der Waals surface area contributed by atoms with Crippen molar-refractivity contribution in [1.29, 1.82) is 0 Å². The number of nitrogens with one attached hydrogen (secondary N) is 1. The van der Waals surface area contributed by atoms with E-state index in [0.29, 0.717) is 34.3 Å². The van der Waals surface area contributed by atoms with Gasteiger partial charge in [-0.1, -0.05) is 62.2 Å². The lowest BCUT2D eigenvalue weighted by Gasteiger charge is -2.33. The highest BCUT2D eigenvalue weighted by atomic mass is 35.5. The quantitative estimate of drug-likeness (QED) is 0.423. The number of halogens is 2. The zero-order chi connectivity index (χ0) is 26.2. The molecule has 1 atom stereocenters. The third-order valence-electron chi connectivity index (χ3n) is 5.64. The molecule has 0 spiro atoms. The first-order chi connectivity index (χ1) is 16.5. The summed E-state index contributed by atoms with van der Waals surface area (Å²) in [7, 11) is -3.79. The van der Waals surface area contributed by atoms with Gasteiger partial charge in [0, 0.05) is 28.7 Å². The highest BCUT2D eigenvalue weighted by Gasteiger charge is 2.32. The van der Waals surface area contributed by atoms with Crippen LogP contribution in [-0.2, 0) is 32.6 Å². The Labute approximate surface area is 218 Å². The number of benzene rings is 2. The number of anilines is 1. The molecule has 0 radical (unpaired) electrons. The monoisotopic (exact) mass is 541 g/mol. The van der Waals surface area contributed by atoms with Crippen molar-refractivity contribution in [2.75, 3.05) is 23.7 Å². The van der Waals surface area contributed by atoms with Gasteiger partial charge in [0.1, 0.15) is 12.6 Å². The van der Waals surface area contributed by atoms with E-state index in [0.717, 1.165) is 29.0 Å². The van der Waals surface area contributed by atoms with Crippen molar-refractivity contribution in [3.8, 4) is 0 Å². The molecule has 0 saturated carbocycles. The zero-order valence-corrected chi connectivity index (χ0v) is 22.9. The Kier molecular flexibility index (Phi) is 10.9. The molecule has 0 saturated heterocycles. The van der Waals surface area contributed by atoms with Gasteiger partial charge in [0.25, 0.3) is 0 Å². The molecule has 0 unspecified atom stereocenters. The number of carbonyl (C=O) groups excluding carboxylic acids is 2. The van der Waals surface area contributed by atoms with Gasteiger partial charge in [-0.15, -0.1) is 0 Å². The number of aryl methyl sites for hydroxylation is 1. The second-order valence-corrected chi connectivity index (χ2v) is 10.9. The van der Waals surface area contributed by atoms with E-state index < -0.39 is 28.5 Å². The Hall–Kier alpha value is -2.29. The summed E-state index contributed by atoms with van der Waals surface area (Å²) in [5, 5.41) is 3.54. The number of hydrogen-bond donors (Lipinski definition) is 1. The SMILES string of the molecule is CCCNC(=O)[C@@H](CC)N(Cc1c(Cl)cccc1Cl)C(=O)CN(c1ccc(CC)cc1)S(C)(=O)=O. The van der Waals surface area contributed by atoms with Gasteiger partial charge in [-0.25, -0.2) is 8.42 Å². The Morgan fingerprint density at radius 2 is 1.60 bits per heavy atom. The predicted molar refractivity (Wildman–Crippen MR) is 142 cm³/mol. The van der Waals surface area contributed by atoms with Crippen LogP contribution in [0.4, 0.5) is 5.69 Å². The fourth-order valence-electron chi connectivity index (χ4n) is 3.65. The lowest BCUT2D eigenvalue weighted by molar-refractivity contribution is -0.140. The van der Waals surface area contributed by atoms with Crippen LogP contribution in [-0.4, -0.2) is 50.5 Å². The van der Waals surface area contributed by atoms with E-state index in [1.807, 2.05) is 26.0 Å². The molecule has 0 bridgehead atoms. The average Bonchev–Trinajstić information content (AvgIpc) is 2.82. The van der Waals surface area contributed by atoms with Gasteiger partial charge in [0.2, 0.25) is 21.8 Å². The molecule has 0 fully saturated rings. The molecule has 10 heteroatoms. The maximum atomic E-state index is 13.7. The second kappa shape index (κ2) is 13.1. The third kappa shape index (κ3) is 7.85. The molecule has 2 rings (SSSR count). The molecule has 0 aromatic heterocycles. The van der Waals surface area contributed by atoms with Crippen LogP contribution >= 0.6 is 23.2 Å². The molecule has 35 heavy (non-hydrogen) atoms. The summed E-state index contributed by atoms with van der Waals surface area (Å²) in [6, 6.07) is 11.2. The first-order valence-electron chi connectivity index (χ1n) is 11.6. The standard InChI is InChI=1S/C25H33Cl2N3O4S/c1-5-15-28-25(32)23(7-3)29(16-20-21(26)9-8-10-22(20)27)24(31)17-30(35(4,33)34)19-13-11-18(6-2)12-14-19/h8-14,23H,5-7,15-17H2,1-4H3,(H,28,32)/t23-/m1/s1. The minimum atomic E-state index is -3.79. The molecule has 2 aromatic rings. The number of amides is 2. The molecule has 192 valence electrons. The number of rotatable bonds is 12. The normalized spacial score (nSPS) is 12.2. The predicted octanol–water partition coefficient (Wildman–Crippen LogP) is 4.66. The summed E-state index contributed by atoms with van der Waals surface area (Å²) < 4.78 is 26.4. The van der Waals surface area contributed by atoms with Crippen LogP contribution in [0.25, 0.3) is 0 Å². The van der Waals surface area contributed by atoms with Crippen LogP contribution < -0.4 is 9.62 Å². The number of sulfonamides is 1. The Morgan fingerprint density at radius 1 is 1.00 bits per heavy atom. The maximum Gasteiger partial charge on any atom is 0.244 e. The summed E-state index contributed by atoms with van der Waals surface area (Å²) in [5.74, 6) is -0.853. The van der Waals surface area contributed by atoms with E-state index in [2.05, 4.69) is 5.32 Å². The van der Waals surface area contributed by atoms with E-state index in [9.17, 15) is 18.0 Å². The number of hydrogen-bond acceptors (Lipinski definition) is 4. The van der Waals surface area contributed by atoms with Crippen molar-refractivity contribution in [2.24, 2.45) is 0 Å². The van der Waals surface area contributed by atoms with Crippen molar-refractivity contribution >= 4 is 50.7 Å². The highest BCUT2D eigenvalue weighted by molar-refractivity contribution is 7.92. The minimum Gasteiger partial charge on any atom is -0.354 e. The van der Waals surface area contributed by atoms with Crippen LogP contribution in [0.5, 0.6) is 0 Å². The molecule has 0 aliphatic rings. The fourth-order valence-corrected chi connectivity index (χ4v) is 5.02. The maximum absolute atomic E-state index is 13.7. The molecule has 0 aliphatic carbocycles. The van der Waals surface area contributed by atoms with Gasteiger partial charge >= 0.3 is 0 Å². The Bertz CT molecular complexity index is 1100. The van der Waals surface area contributed by atoms with E-state index in [1.54, 1.807) is 37.3 Å². The van der Waals surface area contributed by atoms with Crippen molar-refractivity contribution < 1.29 is 18.0 Å². The van der Waals surface area contributed by atoms with Crippen LogP contribution in [0.1, 0.15) is 44.7 Å². The van der Waals surface area contributed by atoms with Crippen LogP contribution in [0.2, 0.25) is 10.0 Å². The Morgan fingerprint density at radius 3 is 2.09 bits per heavy atom. The van der Waals surface area contributed by atoms with Gasteiger partial charge in [-0.05, 0) is 49.1 Å². The topological polar surface area (TPSA) is 86.8 Å². The van der Waals surface area contributed by atoms with Gasteiger partial charge in [-0.3, -0.25) is 13.9 Å². The molecular weight excluding hydrogens is 509 g/mol. The molecule has 1 N–H and O–H groups in total. The number of nitrogens with zero attached hydrogens (tertiary/aromatic N) is 2. The zero-order valence-electron chi connectivity index (χ0n) is 20.6. The molecule has 0 aliphatic heterocycles. The van der Waals surface area contributed by atoms with E-state index >= 15 is 0 Å². The van der Waals surface area contributed by atoms with Crippen molar-refractivity contribution in [2.45, 2.75) is 52.6 Å². The summed E-state index contributed by atoms with van der Waals surface area (Å²) in [5.41, 5.74) is 1.91. The smallest absolute Gasteiger partial charge is 0.244 e. The molecule has 7 nitrogen and oxygen atoms in total. The molecular formula is C25H33Cl2N3O4S. The third-order valence-corrected chi connectivity index (χ3v) is 7.49. The Balaban J connectivity index is 2.47. The first-order valence-corrected chi connectivity index (χ1v) is 14.2. The van der Waals surface area contributed by atoms with Gasteiger partial charge < -0.3 is 10.2 Å². The van der Waals surface area contributed by atoms with Crippen LogP contribution in [0, 0.1) is 0 Å². The van der Waals surface area contributed by atoms with E-state index in [1.165, 1.54) is 4.90 Å². The van der Waals surface area contributed by atoms with Crippen LogP contribution in [0.3, 0.4) is 0 Å². The molecule has 2 aromatic carbocycles. The summed E-state index contributed by atoms with van der Waals surface area (Å²) in [6.07, 6.45) is 2.92. The molecule has 0 heterocycles. The van der Waals surface area contributed by atoms with Crippen molar-refractivity contribution in [3.05, 3.63) is 63.6 Å². The lowest BCUT2D eigenvalue weighted by atomic mass is 10.1. The average molecular weight is 543 g/mol. The van der Waals surface area contributed by atoms with Gasteiger partial charge in [-0.2, -0.15) is 0 Å². The van der Waals surface area contributed by atoms with E-state index in [4.69, 9.17) is 23.2 Å². The summed E-state index contributed by atoms with van der Waals surface area (Å²) in [4.78, 5) is 28.0. The first kappa shape index (κ1) is 28.9. The fraction of sp³-hybridized carbons (Fsp3) is 0.440. The largest absolute Gasteiger partial charge is 0.354 e. The van der Waals surface area contributed by atoms with Gasteiger partial charge in [0.15, 0.2) is 0 Å². The lowest BCUT2D eigenvalue weighted by Crippen LogP contribution is -2.52. The van der Waals surface area contributed by atoms with Crippen LogP contribution in [0.15, 0.2) is 42.5 Å². The minimum absolute atomic E-state index is 0.0399.